The Labute approximate surface area is 197 Å². The second-order valence-corrected chi connectivity index (χ2v) is 8.11. The molecule has 0 aromatic heterocycles. The maximum Gasteiger partial charge on any atom is 0.203 e. The summed E-state index contributed by atoms with van der Waals surface area (Å²) >= 11 is 0. The molecule has 0 bridgehead atoms. The summed E-state index contributed by atoms with van der Waals surface area (Å²) in [6.07, 6.45) is 10.4. The molecule has 0 saturated heterocycles. The summed E-state index contributed by atoms with van der Waals surface area (Å²) in [7, 11) is 4.66. The molecule has 0 aliphatic heterocycles. The van der Waals surface area contributed by atoms with Crippen molar-refractivity contribution in [3.8, 4) is 40.5 Å². The molecular formula is C27H35N3O3. The number of unbranched alkanes of at least 4 members (excludes halogenated alkanes) is 7. The van der Waals surface area contributed by atoms with Gasteiger partial charge >= 0.3 is 0 Å². The molecule has 0 amide bonds. The Morgan fingerprint density at radius 2 is 1.36 bits per heavy atom. The smallest absolute Gasteiger partial charge is 0.203 e. The lowest BCUT2D eigenvalue weighted by Gasteiger charge is -2.18. The van der Waals surface area contributed by atoms with E-state index in [1.165, 1.54) is 38.5 Å². The van der Waals surface area contributed by atoms with Gasteiger partial charge in [0.05, 0.1) is 38.1 Å². The fourth-order valence-electron chi connectivity index (χ4n) is 4.16. The predicted octanol–water partition coefficient (Wildman–Crippen LogP) is 6.39. The number of hydrogen-bond donors (Lipinski definition) is 1. The van der Waals surface area contributed by atoms with Crippen LogP contribution in [0.4, 0.5) is 5.69 Å². The van der Waals surface area contributed by atoms with E-state index < -0.39 is 0 Å². The number of nitrogens with zero attached hydrogens (tertiary/aromatic N) is 2. The van der Waals surface area contributed by atoms with E-state index in [0.29, 0.717) is 28.4 Å². The largest absolute Gasteiger partial charge is 0.493 e. The highest BCUT2D eigenvalue weighted by Crippen LogP contribution is 2.44. The third-order valence-corrected chi connectivity index (χ3v) is 5.93. The van der Waals surface area contributed by atoms with Crippen LogP contribution < -0.4 is 19.9 Å². The maximum atomic E-state index is 9.94. The first kappa shape index (κ1) is 25.9. The number of nitriles is 2. The van der Waals surface area contributed by atoms with Gasteiger partial charge in [-0.05, 0) is 42.2 Å². The third kappa shape index (κ3) is 6.33. The van der Waals surface area contributed by atoms with Crippen molar-refractivity contribution in [2.75, 3.05) is 27.1 Å². The van der Waals surface area contributed by atoms with E-state index in [4.69, 9.17) is 19.9 Å². The Hall–Kier alpha value is -3.38. The average molecular weight is 450 g/mol. The molecule has 2 N–H and O–H groups in total. The van der Waals surface area contributed by atoms with Crippen molar-refractivity contribution in [2.45, 2.75) is 64.7 Å². The predicted molar refractivity (Wildman–Crippen MR) is 132 cm³/mol. The van der Waals surface area contributed by atoms with Gasteiger partial charge in [0, 0.05) is 5.56 Å². The minimum Gasteiger partial charge on any atom is -0.493 e. The molecular weight excluding hydrogens is 414 g/mol. The summed E-state index contributed by atoms with van der Waals surface area (Å²) < 4.78 is 16.5. The van der Waals surface area contributed by atoms with E-state index in [9.17, 15) is 10.5 Å². The molecule has 33 heavy (non-hydrogen) atoms. The molecule has 0 aliphatic carbocycles. The van der Waals surface area contributed by atoms with Crippen LogP contribution in [0.5, 0.6) is 17.2 Å². The van der Waals surface area contributed by atoms with Crippen LogP contribution in [0.15, 0.2) is 18.2 Å². The monoisotopic (exact) mass is 449 g/mol. The Kier molecular flexibility index (Phi) is 10.4. The molecule has 176 valence electrons. The van der Waals surface area contributed by atoms with Crippen LogP contribution in [0.2, 0.25) is 0 Å². The first-order chi connectivity index (χ1) is 16.1. The van der Waals surface area contributed by atoms with Gasteiger partial charge < -0.3 is 19.9 Å². The van der Waals surface area contributed by atoms with Gasteiger partial charge in [-0.1, -0.05) is 51.9 Å². The number of anilines is 1. The Morgan fingerprint density at radius 1 is 0.788 bits per heavy atom. The second-order valence-electron chi connectivity index (χ2n) is 8.11. The van der Waals surface area contributed by atoms with Crippen LogP contribution in [-0.4, -0.2) is 21.3 Å². The van der Waals surface area contributed by atoms with Crippen molar-refractivity contribution in [3.05, 3.63) is 34.9 Å². The van der Waals surface area contributed by atoms with Crippen LogP contribution in [0, 0.1) is 22.7 Å². The zero-order valence-electron chi connectivity index (χ0n) is 20.3. The minimum absolute atomic E-state index is 0.198. The number of benzene rings is 2. The lowest BCUT2D eigenvalue weighted by atomic mass is 9.88. The Balaban J connectivity index is 2.42. The van der Waals surface area contributed by atoms with Crippen molar-refractivity contribution in [3.63, 3.8) is 0 Å². The van der Waals surface area contributed by atoms with Crippen LogP contribution in [0.1, 0.15) is 75.0 Å². The molecule has 0 fully saturated rings. The minimum atomic E-state index is 0.198. The molecule has 0 atom stereocenters. The number of ether oxygens (including phenoxy) is 3. The highest BCUT2D eigenvalue weighted by molar-refractivity contribution is 5.84. The van der Waals surface area contributed by atoms with Crippen LogP contribution >= 0.6 is 0 Å². The first-order valence-electron chi connectivity index (χ1n) is 11.6. The van der Waals surface area contributed by atoms with E-state index in [1.807, 2.05) is 18.2 Å². The van der Waals surface area contributed by atoms with Gasteiger partial charge in [-0.15, -0.1) is 0 Å². The molecule has 2 aromatic rings. The van der Waals surface area contributed by atoms with Crippen molar-refractivity contribution in [2.24, 2.45) is 0 Å². The second kappa shape index (κ2) is 13.2. The maximum absolute atomic E-state index is 9.94. The van der Waals surface area contributed by atoms with Crippen molar-refractivity contribution in [1.29, 1.82) is 10.5 Å². The van der Waals surface area contributed by atoms with Crippen LogP contribution in [0.3, 0.4) is 0 Å². The van der Waals surface area contributed by atoms with Crippen molar-refractivity contribution < 1.29 is 14.2 Å². The molecule has 0 radical (unpaired) electrons. The molecule has 0 unspecified atom stereocenters. The van der Waals surface area contributed by atoms with Gasteiger partial charge in [-0.3, -0.25) is 0 Å². The summed E-state index contributed by atoms with van der Waals surface area (Å²) in [6.45, 7) is 2.23. The summed E-state index contributed by atoms with van der Waals surface area (Å²) in [6, 6.07) is 9.81. The molecule has 0 saturated carbocycles. The summed E-state index contributed by atoms with van der Waals surface area (Å²) in [5.74, 6) is 1.47. The zero-order valence-corrected chi connectivity index (χ0v) is 20.3. The van der Waals surface area contributed by atoms with Crippen LogP contribution in [-0.2, 0) is 6.42 Å². The first-order valence-corrected chi connectivity index (χ1v) is 11.6. The molecule has 0 aliphatic rings. The quantitative estimate of drug-likeness (QED) is 0.281. The molecule has 0 spiro atoms. The van der Waals surface area contributed by atoms with E-state index in [1.54, 1.807) is 21.3 Å². The number of methoxy groups -OCH3 is 3. The topological polar surface area (TPSA) is 101 Å². The fourth-order valence-corrected chi connectivity index (χ4v) is 4.16. The lowest BCUT2D eigenvalue weighted by Crippen LogP contribution is -2.04. The number of nitrogen functional groups attached to an aromatic ring is 1. The van der Waals surface area contributed by atoms with Gasteiger partial charge in [-0.2, -0.15) is 10.5 Å². The number of nitrogens with two attached hydrogens (primary N) is 1. The highest BCUT2D eigenvalue weighted by atomic mass is 16.5. The van der Waals surface area contributed by atoms with Gasteiger partial charge in [0.1, 0.15) is 12.1 Å². The van der Waals surface area contributed by atoms with Crippen molar-refractivity contribution in [1.82, 2.24) is 0 Å². The number of hydrogen-bond acceptors (Lipinski definition) is 6. The number of aryl methyl sites for hydroxylation is 1. The van der Waals surface area contributed by atoms with Crippen LogP contribution in [0.25, 0.3) is 11.1 Å². The van der Waals surface area contributed by atoms with Gasteiger partial charge in [0.25, 0.3) is 0 Å². The molecule has 6 nitrogen and oxygen atoms in total. The SMILES string of the molecule is CCCCCCCCCCc1cc(C#N)c(N)c(C#N)c1-c1cc(OC)c(OC)c(OC)c1. The summed E-state index contributed by atoms with van der Waals surface area (Å²) in [5, 5.41) is 19.5. The highest BCUT2D eigenvalue weighted by Gasteiger charge is 2.21. The molecule has 2 aromatic carbocycles. The number of rotatable bonds is 13. The normalized spacial score (nSPS) is 10.4. The Bertz CT molecular complexity index is 994. The summed E-state index contributed by atoms with van der Waals surface area (Å²) in [5.41, 5.74) is 9.43. The standard InChI is InChI=1S/C27H35N3O3/c1-5-6-7-8-9-10-11-12-13-19-14-21(17-28)26(30)22(18-29)25(19)20-15-23(31-2)27(33-4)24(16-20)32-3/h14-16H,5-13,30H2,1-4H3. The average Bonchev–Trinajstić information content (AvgIpc) is 2.84. The van der Waals surface area contributed by atoms with Crippen molar-refractivity contribution >= 4 is 5.69 Å². The van der Waals surface area contributed by atoms with E-state index in [2.05, 4.69) is 19.1 Å². The van der Waals surface area contributed by atoms with E-state index >= 15 is 0 Å². The van der Waals surface area contributed by atoms with Gasteiger partial charge in [0.2, 0.25) is 5.75 Å². The summed E-state index contributed by atoms with van der Waals surface area (Å²) in [4.78, 5) is 0. The van der Waals surface area contributed by atoms with E-state index in [-0.39, 0.29) is 5.69 Å². The fraction of sp³-hybridized carbons (Fsp3) is 0.481. The van der Waals surface area contributed by atoms with E-state index in [0.717, 1.165) is 36.0 Å². The third-order valence-electron chi connectivity index (χ3n) is 5.93. The molecule has 6 heteroatoms. The molecule has 0 heterocycles. The molecule has 2 rings (SSSR count). The van der Waals surface area contributed by atoms with Gasteiger partial charge in [-0.25, -0.2) is 0 Å². The Morgan fingerprint density at radius 3 is 1.85 bits per heavy atom. The van der Waals surface area contributed by atoms with Gasteiger partial charge in [0.15, 0.2) is 11.5 Å². The zero-order chi connectivity index (χ0) is 24.2. The lowest BCUT2D eigenvalue weighted by molar-refractivity contribution is 0.324.